The largest absolute Gasteiger partial charge is 0.496 e. The van der Waals surface area contributed by atoms with Gasteiger partial charge in [0.1, 0.15) is 11.4 Å². The average molecular weight is 373 g/mol. The molecule has 0 aliphatic carbocycles. The molecule has 0 heterocycles. The fourth-order valence-electron chi connectivity index (χ4n) is 2.64. The normalized spacial score (nSPS) is 11.5. The van der Waals surface area contributed by atoms with E-state index in [0.717, 1.165) is 5.56 Å². The number of anilines is 1. The van der Waals surface area contributed by atoms with E-state index in [9.17, 15) is 14.9 Å². The first-order valence-corrected chi connectivity index (χ1v) is 8.43. The first-order valence-electron chi connectivity index (χ1n) is 8.43. The van der Waals surface area contributed by atoms with E-state index in [1.165, 1.54) is 12.1 Å². The summed E-state index contributed by atoms with van der Waals surface area (Å²) in [5, 5.41) is 17.1. The van der Waals surface area contributed by atoms with Crippen LogP contribution in [0.1, 0.15) is 28.9 Å². The molecule has 0 radical (unpaired) electrons. The van der Waals surface area contributed by atoms with Crippen molar-refractivity contribution in [2.45, 2.75) is 13.0 Å². The van der Waals surface area contributed by atoms with Gasteiger partial charge in [0, 0.05) is 30.8 Å². The van der Waals surface area contributed by atoms with Gasteiger partial charge in [0.25, 0.3) is 11.6 Å². The van der Waals surface area contributed by atoms with Crippen molar-refractivity contribution in [3.8, 4) is 5.75 Å². The summed E-state index contributed by atoms with van der Waals surface area (Å²) in [5.41, 5.74) is 1.21. The van der Waals surface area contributed by atoms with Crippen LogP contribution < -0.4 is 15.4 Å². The van der Waals surface area contributed by atoms with E-state index < -0.39 is 10.8 Å². The molecule has 0 saturated heterocycles. The van der Waals surface area contributed by atoms with Crippen molar-refractivity contribution < 1.29 is 19.2 Å². The van der Waals surface area contributed by atoms with Crippen LogP contribution in [-0.4, -0.2) is 38.2 Å². The molecular weight excluding hydrogens is 350 g/mol. The van der Waals surface area contributed by atoms with Crippen LogP contribution in [0.4, 0.5) is 11.4 Å². The highest BCUT2D eigenvalue weighted by Gasteiger charge is 2.19. The van der Waals surface area contributed by atoms with Gasteiger partial charge in [0.15, 0.2) is 0 Å². The minimum absolute atomic E-state index is 0.163. The van der Waals surface area contributed by atoms with Crippen LogP contribution >= 0.6 is 0 Å². The number of carbonyl (C=O) groups excluding carboxylic acids is 1. The van der Waals surface area contributed by atoms with Crippen LogP contribution in [0, 0.1) is 10.1 Å². The molecule has 2 N–H and O–H groups in total. The summed E-state index contributed by atoms with van der Waals surface area (Å²) in [6, 6.07) is 11.4. The van der Waals surface area contributed by atoms with E-state index in [0.29, 0.717) is 24.6 Å². The molecule has 8 nitrogen and oxygen atoms in total. The van der Waals surface area contributed by atoms with Crippen LogP contribution in [0.15, 0.2) is 42.5 Å². The first kappa shape index (κ1) is 20.2. The van der Waals surface area contributed by atoms with Gasteiger partial charge in [-0.15, -0.1) is 0 Å². The molecule has 0 aromatic heterocycles. The Bertz CT molecular complexity index is 810. The van der Waals surface area contributed by atoms with E-state index in [1.54, 1.807) is 20.3 Å². The number of carbonyl (C=O) groups is 1. The quantitative estimate of drug-likeness (QED) is 0.398. The summed E-state index contributed by atoms with van der Waals surface area (Å²) in [7, 11) is 3.11. The third kappa shape index (κ3) is 5.18. The molecule has 0 spiro atoms. The van der Waals surface area contributed by atoms with Crippen LogP contribution in [0.3, 0.4) is 0 Å². The number of methoxy groups -OCH3 is 2. The lowest BCUT2D eigenvalue weighted by Gasteiger charge is -2.17. The lowest BCUT2D eigenvalue weighted by atomic mass is 10.1. The number of hydrogen-bond donors (Lipinski definition) is 2. The molecule has 2 aromatic carbocycles. The van der Waals surface area contributed by atoms with Crippen molar-refractivity contribution in [3.63, 3.8) is 0 Å². The zero-order valence-electron chi connectivity index (χ0n) is 15.5. The Kier molecular flexibility index (Phi) is 7.13. The van der Waals surface area contributed by atoms with Gasteiger partial charge in [-0.2, -0.15) is 0 Å². The lowest BCUT2D eigenvalue weighted by Crippen LogP contribution is -2.27. The number of hydrogen-bond acceptors (Lipinski definition) is 6. The number of benzene rings is 2. The van der Waals surface area contributed by atoms with E-state index >= 15 is 0 Å². The molecule has 1 atom stereocenters. The topological polar surface area (TPSA) is 103 Å². The number of rotatable bonds is 9. The Hall–Kier alpha value is -3.13. The van der Waals surface area contributed by atoms with Gasteiger partial charge < -0.3 is 20.1 Å². The summed E-state index contributed by atoms with van der Waals surface area (Å²) >= 11 is 0. The maximum absolute atomic E-state index is 12.6. The minimum Gasteiger partial charge on any atom is -0.496 e. The maximum atomic E-state index is 12.6. The summed E-state index contributed by atoms with van der Waals surface area (Å²) in [6.45, 7) is 2.66. The number of ether oxygens (including phenoxy) is 2. The fraction of sp³-hybridized carbons (Fsp3) is 0.316. The van der Waals surface area contributed by atoms with E-state index in [-0.39, 0.29) is 17.3 Å². The smallest absolute Gasteiger partial charge is 0.293 e. The number of nitrogens with zero attached hydrogens (tertiary/aromatic N) is 1. The summed E-state index contributed by atoms with van der Waals surface area (Å²) < 4.78 is 10.2. The number of nitro benzene ring substituents is 1. The Morgan fingerprint density at radius 2 is 1.96 bits per heavy atom. The number of amides is 1. The molecule has 8 heteroatoms. The SMILES string of the molecule is COCCNc1ccc(C(=O)NC(C)c2ccccc2OC)cc1[N+](=O)[O-]. The van der Waals surface area contributed by atoms with Gasteiger partial charge in [-0.25, -0.2) is 0 Å². The van der Waals surface area contributed by atoms with E-state index in [1.807, 2.05) is 31.2 Å². The van der Waals surface area contributed by atoms with E-state index in [2.05, 4.69) is 10.6 Å². The molecule has 1 unspecified atom stereocenters. The summed E-state index contributed by atoms with van der Waals surface area (Å²) in [4.78, 5) is 23.4. The van der Waals surface area contributed by atoms with Crippen molar-refractivity contribution in [2.75, 3.05) is 32.7 Å². The number of para-hydroxylation sites is 1. The van der Waals surface area contributed by atoms with Gasteiger partial charge >= 0.3 is 0 Å². The standard InChI is InChI=1S/C19H23N3O5/c1-13(15-6-4-5-7-18(15)27-3)21-19(23)14-8-9-16(20-10-11-26-2)17(12-14)22(24)25/h4-9,12-13,20H,10-11H2,1-3H3,(H,21,23). The van der Waals surface area contributed by atoms with Crippen molar-refractivity contribution in [1.82, 2.24) is 5.32 Å². The zero-order chi connectivity index (χ0) is 19.8. The Morgan fingerprint density at radius 3 is 2.63 bits per heavy atom. The first-order chi connectivity index (χ1) is 13.0. The lowest BCUT2D eigenvalue weighted by molar-refractivity contribution is -0.384. The molecule has 0 fully saturated rings. The molecule has 2 rings (SSSR count). The zero-order valence-corrected chi connectivity index (χ0v) is 15.5. The highest BCUT2D eigenvalue weighted by atomic mass is 16.6. The van der Waals surface area contributed by atoms with Crippen molar-refractivity contribution in [2.24, 2.45) is 0 Å². The predicted octanol–water partition coefficient (Wildman–Crippen LogP) is 3.15. The monoisotopic (exact) mass is 373 g/mol. The Labute approximate surface area is 157 Å². The van der Waals surface area contributed by atoms with Crippen molar-refractivity contribution >= 4 is 17.3 Å². The molecule has 27 heavy (non-hydrogen) atoms. The molecule has 144 valence electrons. The molecule has 0 aliphatic rings. The second kappa shape index (κ2) is 9.54. The molecule has 0 saturated carbocycles. The van der Waals surface area contributed by atoms with Crippen molar-refractivity contribution in [3.05, 3.63) is 63.7 Å². The Balaban J connectivity index is 2.18. The fourth-order valence-corrected chi connectivity index (χ4v) is 2.64. The van der Waals surface area contributed by atoms with Gasteiger partial charge in [0.2, 0.25) is 0 Å². The maximum Gasteiger partial charge on any atom is 0.293 e. The molecule has 0 aliphatic heterocycles. The average Bonchev–Trinajstić information content (AvgIpc) is 2.68. The van der Waals surface area contributed by atoms with Crippen LogP contribution in [0.25, 0.3) is 0 Å². The number of nitrogens with one attached hydrogen (secondary N) is 2. The molecule has 0 bridgehead atoms. The van der Waals surface area contributed by atoms with Gasteiger partial charge in [-0.05, 0) is 25.1 Å². The number of nitro groups is 1. The third-order valence-electron chi connectivity index (χ3n) is 4.03. The molecular formula is C19H23N3O5. The Morgan fingerprint density at radius 1 is 1.22 bits per heavy atom. The predicted molar refractivity (Wildman–Crippen MR) is 102 cm³/mol. The highest BCUT2D eigenvalue weighted by molar-refractivity contribution is 5.96. The van der Waals surface area contributed by atoms with Gasteiger partial charge in [0.05, 0.1) is 24.7 Å². The van der Waals surface area contributed by atoms with Crippen molar-refractivity contribution in [1.29, 1.82) is 0 Å². The van der Waals surface area contributed by atoms with Crippen LogP contribution in [-0.2, 0) is 4.74 Å². The summed E-state index contributed by atoms with van der Waals surface area (Å²) in [6.07, 6.45) is 0. The highest BCUT2D eigenvalue weighted by Crippen LogP contribution is 2.27. The van der Waals surface area contributed by atoms with E-state index in [4.69, 9.17) is 9.47 Å². The van der Waals surface area contributed by atoms with Crippen LogP contribution in [0.5, 0.6) is 5.75 Å². The molecule has 2 aromatic rings. The second-order valence-electron chi connectivity index (χ2n) is 5.85. The van der Waals surface area contributed by atoms with Gasteiger partial charge in [-0.3, -0.25) is 14.9 Å². The van der Waals surface area contributed by atoms with Gasteiger partial charge in [-0.1, -0.05) is 18.2 Å². The van der Waals surface area contributed by atoms with Crippen LogP contribution in [0.2, 0.25) is 0 Å². The molecule has 1 amide bonds. The summed E-state index contributed by atoms with van der Waals surface area (Å²) in [5.74, 6) is 0.258. The second-order valence-corrected chi connectivity index (χ2v) is 5.85. The third-order valence-corrected chi connectivity index (χ3v) is 4.03. The minimum atomic E-state index is -0.518.